The number of nitriles is 1. The van der Waals surface area contributed by atoms with Gasteiger partial charge in [-0.3, -0.25) is 0 Å². The molecule has 0 unspecified atom stereocenters. The van der Waals surface area contributed by atoms with E-state index in [1.54, 1.807) is 0 Å². The van der Waals surface area contributed by atoms with Gasteiger partial charge in [0.1, 0.15) is 0 Å². The first kappa shape index (κ1) is 38.2. The number of hydrogen-bond acceptors (Lipinski definition) is 4. The summed E-state index contributed by atoms with van der Waals surface area (Å²) in [5.41, 5.74) is 18.5. The smallest absolute Gasteiger partial charge is 0.164 e. The molecule has 67 heavy (non-hydrogen) atoms. The minimum Gasteiger partial charge on any atom is -0.309 e. The zero-order chi connectivity index (χ0) is 44.4. The summed E-state index contributed by atoms with van der Waals surface area (Å²) in [5, 5.41) is 14.6. The Bertz CT molecular complexity index is 3870. The number of nitrogens with zero attached hydrogens (tertiary/aromatic N) is 5. The Morgan fingerprint density at radius 2 is 0.746 bits per heavy atom. The predicted molar refractivity (Wildman–Crippen MR) is 273 cm³/mol. The number of hydrogen-bond donors (Lipinski definition) is 0. The molecule has 0 amide bonds. The van der Waals surface area contributed by atoms with Gasteiger partial charge in [-0.2, -0.15) is 5.26 Å². The lowest BCUT2D eigenvalue weighted by Gasteiger charge is -2.16. The zero-order valence-electron chi connectivity index (χ0n) is 36.1. The van der Waals surface area contributed by atoms with Crippen molar-refractivity contribution < 1.29 is 0 Å². The summed E-state index contributed by atoms with van der Waals surface area (Å²) < 4.78 is 2.29. The SMILES string of the molecule is N#Cc1ccc2c(c1)c1cc(-c3cccc(-c4ccc5c6c(ccc(-c7ccc(-c8nc(-c9ccccc9)nc(-c9ccccc9)n8)cc7)c46)-c4ccccc4-5)c3)ccc1n2-c1ccccc1. The number of para-hydroxylation sites is 1. The van der Waals surface area contributed by atoms with Crippen LogP contribution in [-0.4, -0.2) is 19.5 Å². The van der Waals surface area contributed by atoms with Gasteiger partial charge >= 0.3 is 0 Å². The maximum atomic E-state index is 9.91. The third kappa shape index (κ3) is 6.35. The molecular formula is C62H37N5. The summed E-state index contributed by atoms with van der Waals surface area (Å²) in [7, 11) is 0. The molecule has 0 spiro atoms. The van der Waals surface area contributed by atoms with Crippen molar-refractivity contribution in [3.8, 4) is 102 Å². The Balaban J connectivity index is 0.952. The van der Waals surface area contributed by atoms with E-state index in [1.807, 2.05) is 78.9 Å². The van der Waals surface area contributed by atoms with Crippen molar-refractivity contribution in [1.29, 1.82) is 5.26 Å². The molecule has 0 aliphatic heterocycles. The summed E-state index contributed by atoms with van der Waals surface area (Å²) >= 11 is 0. The molecule has 0 saturated carbocycles. The van der Waals surface area contributed by atoms with Crippen LogP contribution in [0.25, 0.3) is 128 Å². The Kier molecular flexibility index (Phi) is 8.84. The highest BCUT2D eigenvalue weighted by atomic mass is 15.0. The molecular weight excluding hydrogens is 815 g/mol. The molecule has 1 aliphatic carbocycles. The van der Waals surface area contributed by atoms with E-state index in [0.717, 1.165) is 72.0 Å². The zero-order valence-corrected chi connectivity index (χ0v) is 36.1. The Labute approximate surface area is 387 Å². The lowest BCUT2D eigenvalue weighted by Crippen LogP contribution is -2.00. The van der Waals surface area contributed by atoms with Crippen molar-refractivity contribution in [3.05, 3.63) is 230 Å². The second kappa shape index (κ2) is 15.5. The molecule has 12 aromatic rings. The summed E-state index contributed by atoms with van der Waals surface area (Å²) in [6.45, 7) is 0. The normalized spacial score (nSPS) is 11.6. The van der Waals surface area contributed by atoms with Gasteiger partial charge in [-0.1, -0.05) is 176 Å². The molecule has 0 N–H and O–H groups in total. The van der Waals surface area contributed by atoms with Crippen molar-refractivity contribution in [3.63, 3.8) is 0 Å². The van der Waals surface area contributed by atoms with Crippen LogP contribution in [0.5, 0.6) is 0 Å². The van der Waals surface area contributed by atoms with Crippen LogP contribution in [0.4, 0.5) is 0 Å². The van der Waals surface area contributed by atoms with Gasteiger partial charge < -0.3 is 4.57 Å². The molecule has 5 nitrogen and oxygen atoms in total. The maximum Gasteiger partial charge on any atom is 0.164 e. The van der Waals surface area contributed by atoms with Crippen molar-refractivity contribution >= 4 is 32.6 Å². The first-order valence-electron chi connectivity index (χ1n) is 22.5. The summed E-state index contributed by atoms with van der Waals surface area (Å²) in [6, 6.07) is 81.3. The highest BCUT2D eigenvalue weighted by molar-refractivity contribution is 6.22. The first-order chi connectivity index (χ1) is 33.2. The van der Waals surface area contributed by atoms with Gasteiger partial charge in [-0.05, 0) is 115 Å². The largest absolute Gasteiger partial charge is 0.309 e. The minimum atomic E-state index is 0.626. The third-order valence-electron chi connectivity index (χ3n) is 13.2. The summed E-state index contributed by atoms with van der Waals surface area (Å²) in [4.78, 5) is 14.9. The molecule has 310 valence electrons. The van der Waals surface area contributed by atoms with Crippen molar-refractivity contribution in [2.75, 3.05) is 0 Å². The van der Waals surface area contributed by atoms with E-state index < -0.39 is 0 Å². The quantitative estimate of drug-likeness (QED) is 0.160. The van der Waals surface area contributed by atoms with Gasteiger partial charge in [-0.25, -0.2) is 15.0 Å². The van der Waals surface area contributed by atoms with Crippen LogP contribution in [0.1, 0.15) is 5.56 Å². The van der Waals surface area contributed by atoms with Crippen LogP contribution in [0.2, 0.25) is 0 Å². The van der Waals surface area contributed by atoms with E-state index in [4.69, 9.17) is 15.0 Å². The Morgan fingerprint density at radius 1 is 0.313 bits per heavy atom. The Morgan fingerprint density at radius 3 is 1.36 bits per heavy atom. The molecule has 13 rings (SSSR count). The molecule has 0 saturated heterocycles. The fourth-order valence-corrected chi connectivity index (χ4v) is 10.1. The van der Waals surface area contributed by atoms with Crippen LogP contribution in [0, 0.1) is 11.3 Å². The van der Waals surface area contributed by atoms with E-state index >= 15 is 0 Å². The van der Waals surface area contributed by atoms with E-state index in [-0.39, 0.29) is 0 Å². The minimum absolute atomic E-state index is 0.626. The highest BCUT2D eigenvalue weighted by Crippen LogP contribution is 2.52. The fourth-order valence-electron chi connectivity index (χ4n) is 10.1. The second-order valence-electron chi connectivity index (χ2n) is 17.1. The van der Waals surface area contributed by atoms with Gasteiger partial charge in [0, 0.05) is 33.2 Å². The molecule has 1 aliphatic rings. The summed E-state index contributed by atoms with van der Waals surface area (Å²) in [5.74, 6) is 1.90. The monoisotopic (exact) mass is 851 g/mol. The molecule has 10 aromatic carbocycles. The highest BCUT2D eigenvalue weighted by Gasteiger charge is 2.25. The molecule has 0 radical (unpaired) electrons. The van der Waals surface area contributed by atoms with Gasteiger partial charge in [0.15, 0.2) is 17.5 Å². The number of benzene rings is 10. The average Bonchev–Trinajstić information content (AvgIpc) is 3.92. The number of rotatable bonds is 7. The van der Waals surface area contributed by atoms with Crippen molar-refractivity contribution in [2.45, 2.75) is 0 Å². The van der Waals surface area contributed by atoms with Crippen LogP contribution >= 0.6 is 0 Å². The molecule has 0 fully saturated rings. The molecule has 5 heteroatoms. The third-order valence-corrected chi connectivity index (χ3v) is 13.2. The van der Waals surface area contributed by atoms with E-state index in [9.17, 15) is 5.26 Å². The van der Waals surface area contributed by atoms with Gasteiger partial charge in [0.25, 0.3) is 0 Å². The maximum absolute atomic E-state index is 9.91. The van der Waals surface area contributed by atoms with Gasteiger partial charge in [0.05, 0.1) is 22.7 Å². The molecule has 0 atom stereocenters. The van der Waals surface area contributed by atoms with Crippen LogP contribution in [0.15, 0.2) is 224 Å². The predicted octanol–water partition coefficient (Wildman–Crippen LogP) is 15.6. The van der Waals surface area contributed by atoms with Gasteiger partial charge in [-0.15, -0.1) is 0 Å². The topological polar surface area (TPSA) is 67.4 Å². The lowest BCUT2D eigenvalue weighted by molar-refractivity contribution is 1.07. The molecule has 2 aromatic heterocycles. The van der Waals surface area contributed by atoms with Gasteiger partial charge in [0.2, 0.25) is 0 Å². The second-order valence-corrected chi connectivity index (χ2v) is 17.1. The summed E-state index contributed by atoms with van der Waals surface area (Å²) in [6.07, 6.45) is 0. The Hall–Kier alpha value is -9.24. The fraction of sp³-hybridized carbons (Fsp3) is 0. The number of fused-ring (bicyclic) bond motifs is 6. The van der Waals surface area contributed by atoms with Crippen molar-refractivity contribution in [1.82, 2.24) is 19.5 Å². The van der Waals surface area contributed by atoms with Crippen molar-refractivity contribution in [2.24, 2.45) is 0 Å². The van der Waals surface area contributed by atoms with Crippen LogP contribution < -0.4 is 0 Å². The standard InChI is InChI=1S/C62H37N5/c63-38-39-23-33-56-54(35-39)55-37-45(28-34-57(55)67(56)47-19-8-3-9-20-47)44-17-12-18-46(36-44)49-30-32-53-51-22-11-10-21-50(51)52-31-29-48(58(49)59(52)53)40-24-26-43(27-25-40)62-65-60(41-13-4-1-5-14-41)64-61(66-62)42-15-6-2-7-16-42/h1-37H. The number of aromatic nitrogens is 4. The molecule has 0 bridgehead atoms. The van der Waals surface area contributed by atoms with E-state index in [1.165, 1.54) is 38.6 Å². The van der Waals surface area contributed by atoms with E-state index in [0.29, 0.717) is 23.0 Å². The average molecular weight is 852 g/mol. The van der Waals surface area contributed by atoms with Crippen LogP contribution in [0.3, 0.4) is 0 Å². The van der Waals surface area contributed by atoms with E-state index in [2.05, 4.69) is 156 Å². The van der Waals surface area contributed by atoms with Crippen LogP contribution in [-0.2, 0) is 0 Å². The lowest BCUT2D eigenvalue weighted by atomic mass is 9.87. The first-order valence-corrected chi connectivity index (χ1v) is 22.5. The molecule has 2 heterocycles.